The highest BCUT2D eigenvalue weighted by Crippen LogP contribution is 2.29. The van der Waals surface area contributed by atoms with Gasteiger partial charge in [-0.2, -0.15) is 0 Å². The Kier molecular flexibility index (Phi) is 6.72. The maximum Gasteiger partial charge on any atom is 0.407 e. The van der Waals surface area contributed by atoms with E-state index in [2.05, 4.69) is 4.90 Å². The molecule has 0 atom stereocenters. The lowest BCUT2D eigenvalue weighted by Crippen LogP contribution is -2.48. The molecule has 1 amide bonds. The summed E-state index contributed by atoms with van der Waals surface area (Å²) in [6.07, 6.45) is 0.0610. The third kappa shape index (κ3) is 5.04. The molecule has 0 saturated carbocycles. The predicted molar refractivity (Wildman–Crippen MR) is 89.6 cm³/mol. The summed E-state index contributed by atoms with van der Waals surface area (Å²) in [4.78, 5) is 25.8. The third-order valence-corrected chi connectivity index (χ3v) is 3.84. The average Bonchev–Trinajstić information content (AvgIpc) is 2.59. The van der Waals surface area contributed by atoms with Crippen molar-refractivity contribution in [1.29, 1.82) is 0 Å². The molecule has 2 rings (SSSR count). The zero-order valence-corrected chi connectivity index (χ0v) is 13.9. The van der Waals surface area contributed by atoms with Gasteiger partial charge >= 0.3 is 12.1 Å². The Balaban J connectivity index is 1.86. The van der Waals surface area contributed by atoms with Crippen LogP contribution in [-0.4, -0.2) is 61.5 Å². The maximum absolute atomic E-state index is 11.3. The molecule has 24 heavy (non-hydrogen) atoms. The van der Waals surface area contributed by atoms with E-state index < -0.39 is 6.09 Å². The summed E-state index contributed by atoms with van der Waals surface area (Å²) in [5.74, 6) is 0.546. The topological polar surface area (TPSA) is 79.3 Å². The van der Waals surface area contributed by atoms with E-state index in [-0.39, 0.29) is 5.97 Å². The number of piperazine rings is 1. The van der Waals surface area contributed by atoms with Crippen LogP contribution in [0.4, 0.5) is 10.5 Å². The van der Waals surface area contributed by atoms with Gasteiger partial charge in [0, 0.05) is 32.6 Å². The zero-order valence-electron chi connectivity index (χ0n) is 13.9. The Morgan fingerprint density at radius 3 is 2.54 bits per heavy atom. The molecule has 7 heteroatoms. The van der Waals surface area contributed by atoms with Crippen molar-refractivity contribution in [2.24, 2.45) is 0 Å². The van der Waals surface area contributed by atoms with Gasteiger partial charge in [-0.25, -0.2) is 4.79 Å². The molecule has 1 N–H and O–H groups in total. The summed E-state index contributed by atoms with van der Waals surface area (Å²) >= 11 is 0. The minimum absolute atomic E-state index is 0.209. The first-order valence-corrected chi connectivity index (χ1v) is 8.22. The van der Waals surface area contributed by atoms with E-state index in [1.807, 2.05) is 24.3 Å². The molecule has 0 aliphatic carbocycles. The number of amides is 1. The monoisotopic (exact) mass is 336 g/mol. The minimum Gasteiger partial charge on any atom is -0.491 e. The first kappa shape index (κ1) is 17.9. The fourth-order valence-corrected chi connectivity index (χ4v) is 2.61. The average molecular weight is 336 g/mol. The first-order valence-electron chi connectivity index (χ1n) is 8.22. The van der Waals surface area contributed by atoms with Crippen LogP contribution in [-0.2, 0) is 9.53 Å². The van der Waals surface area contributed by atoms with Gasteiger partial charge in [0.2, 0.25) is 0 Å². The Morgan fingerprint density at radius 1 is 1.17 bits per heavy atom. The Hall–Kier alpha value is -2.44. The highest BCUT2D eigenvalue weighted by atomic mass is 16.5. The van der Waals surface area contributed by atoms with E-state index in [1.165, 1.54) is 4.90 Å². The molecule has 0 unspecified atom stereocenters. The van der Waals surface area contributed by atoms with Gasteiger partial charge in [-0.3, -0.25) is 4.79 Å². The van der Waals surface area contributed by atoms with Crippen LogP contribution in [0.25, 0.3) is 0 Å². The molecule has 0 radical (unpaired) electrons. The van der Waals surface area contributed by atoms with Gasteiger partial charge in [-0.15, -0.1) is 0 Å². The SMILES string of the molecule is CCOC(=O)CCCOc1ccccc1N1CCN(C(=O)O)CC1. The van der Waals surface area contributed by atoms with Crippen molar-refractivity contribution in [3.05, 3.63) is 24.3 Å². The van der Waals surface area contributed by atoms with Gasteiger partial charge in [0.25, 0.3) is 0 Å². The number of carbonyl (C=O) groups is 2. The largest absolute Gasteiger partial charge is 0.491 e. The number of ether oxygens (including phenoxy) is 2. The molecule has 1 heterocycles. The minimum atomic E-state index is -0.877. The highest BCUT2D eigenvalue weighted by molar-refractivity contribution is 5.69. The summed E-state index contributed by atoms with van der Waals surface area (Å²) in [5.41, 5.74) is 0.957. The molecule has 1 fully saturated rings. The second-order valence-electron chi connectivity index (χ2n) is 5.48. The van der Waals surface area contributed by atoms with Crippen molar-refractivity contribution in [1.82, 2.24) is 4.90 Å². The quantitative estimate of drug-likeness (QED) is 0.607. The lowest BCUT2D eigenvalue weighted by atomic mass is 10.2. The van der Waals surface area contributed by atoms with E-state index >= 15 is 0 Å². The Bertz CT molecular complexity index is 556. The van der Waals surface area contributed by atoms with Crippen LogP contribution in [0.5, 0.6) is 5.75 Å². The van der Waals surface area contributed by atoms with Gasteiger partial charge in [-0.05, 0) is 25.5 Å². The lowest BCUT2D eigenvalue weighted by molar-refractivity contribution is -0.143. The van der Waals surface area contributed by atoms with Gasteiger partial charge < -0.3 is 24.4 Å². The number of esters is 1. The van der Waals surface area contributed by atoms with Crippen molar-refractivity contribution >= 4 is 17.7 Å². The van der Waals surface area contributed by atoms with Gasteiger partial charge in [0.15, 0.2) is 0 Å². The van der Waals surface area contributed by atoms with Crippen LogP contribution >= 0.6 is 0 Å². The highest BCUT2D eigenvalue weighted by Gasteiger charge is 2.22. The molecule has 7 nitrogen and oxygen atoms in total. The van der Waals surface area contributed by atoms with E-state index in [0.29, 0.717) is 52.2 Å². The van der Waals surface area contributed by atoms with Crippen molar-refractivity contribution in [3.8, 4) is 5.75 Å². The maximum atomic E-state index is 11.3. The molecule has 0 spiro atoms. The molecule has 1 aliphatic heterocycles. The zero-order chi connectivity index (χ0) is 17.4. The smallest absolute Gasteiger partial charge is 0.407 e. The third-order valence-electron chi connectivity index (χ3n) is 3.84. The molecule has 1 aromatic carbocycles. The number of hydrogen-bond acceptors (Lipinski definition) is 5. The Morgan fingerprint density at radius 2 is 1.88 bits per heavy atom. The van der Waals surface area contributed by atoms with E-state index in [1.54, 1.807) is 6.92 Å². The second kappa shape index (κ2) is 9.00. The Labute approximate surface area is 141 Å². The molecule has 1 saturated heterocycles. The van der Waals surface area contributed by atoms with Gasteiger partial charge in [-0.1, -0.05) is 12.1 Å². The van der Waals surface area contributed by atoms with Crippen LogP contribution in [0.15, 0.2) is 24.3 Å². The van der Waals surface area contributed by atoms with Crippen LogP contribution in [0.2, 0.25) is 0 Å². The number of rotatable bonds is 7. The van der Waals surface area contributed by atoms with Crippen LogP contribution in [0.1, 0.15) is 19.8 Å². The molecular weight excluding hydrogens is 312 g/mol. The number of benzene rings is 1. The molecule has 1 aromatic rings. The fourth-order valence-electron chi connectivity index (χ4n) is 2.61. The van der Waals surface area contributed by atoms with Gasteiger partial charge in [0.1, 0.15) is 5.75 Å². The lowest BCUT2D eigenvalue weighted by Gasteiger charge is -2.35. The summed E-state index contributed by atoms with van der Waals surface area (Å²) in [6.45, 7) is 4.84. The first-order chi connectivity index (χ1) is 11.6. The molecule has 1 aliphatic rings. The number of carbonyl (C=O) groups excluding carboxylic acids is 1. The van der Waals surface area contributed by atoms with Crippen LogP contribution in [0.3, 0.4) is 0 Å². The van der Waals surface area contributed by atoms with Crippen molar-refractivity contribution < 1.29 is 24.2 Å². The summed E-state index contributed by atoms with van der Waals surface area (Å²) in [7, 11) is 0. The molecule has 0 aromatic heterocycles. The van der Waals surface area contributed by atoms with Crippen LogP contribution < -0.4 is 9.64 Å². The number of nitrogens with zero attached hydrogens (tertiary/aromatic N) is 2. The fraction of sp³-hybridized carbons (Fsp3) is 0.529. The summed E-state index contributed by atoms with van der Waals surface area (Å²) in [6, 6.07) is 7.70. The normalized spacial score (nSPS) is 14.4. The van der Waals surface area contributed by atoms with Gasteiger partial charge in [0.05, 0.1) is 18.9 Å². The summed E-state index contributed by atoms with van der Waals surface area (Å²) in [5, 5.41) is 9.02. The molecular formula is C17H24N2O5. The van der Waals surface area contributed by atoms with E-state index in [0.717, 1.165) is 11.4 Å². The predicted octanol–water partition coefficient (Wildman–Crippen LogP) is 2.21. The van der Waals surface area contributed by atoms with Crippen molar-refractivity contribution in [2.75, 3.05) is 44.3 Å². The second-order valence-corrected chi connectivity index (χ2v) is 5.48. The van der Waals surface area contributed by atoms with Crippen LogP contribution in [0, 0.1) is 0 Å². The van der Waals surface area contributed by atoms with E-state index in [4.69, 9.17) is 14.6 Å². The van der Waals surface area contributed by atoms with Crippen molar-refractivity contribution in [2.45, 2.75) is 19.8 Å². The van der Waals surface area contributed by atoms with E-state index in [9.17, 15) is 9.59 Å². The summed E-state index contributed by atoms with van der Waals surface area (Å²) < 4.78 is 10.7. The standard InChI is InChI=1S/C17H24N2O5/c1-2-23-16(20)8-5-13-24-15-7-4-3-6-14(15)18-9-11-19(12-10-18)17(21)22/h3-4,6-7H,2,5,8-13H2,1H3,(H,21,22). The number of carboxylic acid groups (broad SMARTS) is 1. The molecule has 132 valence electrons. The van der Waals surface area contributed by atoms with Crippen molar-refractivity contribution in [3.63, 3.8) is 0 Å². The number of para-hydroxylation sites is 2. The molecule has 0 bridgehead atoms. The number of anilines is 1. The number of hydrogen-bond donors (Lipinski definition) is 1.